The van der Waals surface area contributed by atoms with Gasteiger partial charge in [-0.3, -0.25) is 24.5 Å². The predicted molar refractivity (Wildman–Crippen MR) is 134 cm³/mol. The van der Waals surface area contributed by atoms with E-state index in [1.807, 2.05) is 24.3 Å². The van der Waals surface area contributed by atoms with E-state index in [0.29, 0.717) is 11.3 Å². The number of thiazole rings is 1. The molecule has 0 aliphatic carbocycles. The van der Waals surface area contributed by atoms with Crippen LogP contribution in [-0.4, -0.2) is 40.4 Å². The minimum atomic E-state index is -4.16. The number of anilines is 2. The molecule has 0 aliphatic rings. The van der Waals surface area contributed by atoms with Gasteiger partial charge in [-0.25, -0.2) is 23.9 Å². The van der Waals surface area contributed by atoms with Gasteiger partial charge in [0.15, 0.2) is 9.34 Å². The number of nitrogens with one attached hydrogen (secondary N) is 3. The van der Waals surface area contributed by atoms with Crippen molar-refractivity contribution in [3.63, 3.8) is 0 Å². The van der Waals surface area contributed by atoms with Crippen LogP contribution in [0.5, 0.6) is 0 Å². The Morgan fingerprint density at radius 1 is 1.00 bits per heavy atom. The van der Waals surface area contributed by atoms with E-state index in [4.69, 9.17) is 5.21 Å². The van der Waals surface area contributed by atoms with E-state index in [0.717, 1.165) is 22.5 Å². The number of pyridine rings is 2. The van der Waals surface area contributed by atoms with E-state index < -0.39 is 15.9 Å². The Morgan fingerprint density at radius 3 is 2.36 bits per heavy atom. The lowest BCUT2D eigenvalue weighted by Crippen LogP contribution is -2.20. The first-order chi connectivity index (χ1) is 17.2. The number of amides is 2. The first-order valence-corrected chi connectivity index (χ1v) is 12.7. The number of nitrogens with zero attached hydrogens (tertiary/aromatic N) is 3. The zero-order valence-electron chi connectivity index (χ0n) is 19.0. The molecule has 2 amide bonds. The van der Waals surface area contributed by atoms with Gasteiger partial charge < -0.3 is 5.32 Å². The average Bonchev–Trinajstić information content (AvgIpc) is 3.23. The summed E-state index contributed by atoms with van der Waals surface area (Å²) in [5.74, 6) is -1.37. The Bertz CT molecular complexity index is 1540. The third-order valence-corrected chi connectivity index (χ3v) is 7.92. The van der Waals surface area contributed by atoms with Gasteiger partial charge in [0.2, 0.25) is 5.91 Å². The lowest BCUT2D eigenvalue weighted by atomic mass is 10.0. The molecule has 3 aromatic heterocycles. The number of aryl methyl sites for hydroxylation is 1. The molecular weight excluding hydrogens is 504 g/mol. The summed E-state index contributed by atoms with van der Waals surface area (Å²) in [7, 11) is -4.16. The summed E-state index contributed by atoms with van der Waals surface area (Å²) in [6.07, 6.45) is 3.40. The molecule has 0 atom stereocenters. The first kappa shape index (κ1) is 24.9. The van der Waals surface area contributed by atoms with E-state index >= 15 is 0 Å². The summed E-state index contributed by atoms with van der Waals surface area (Å²) in [4.78, 5) is 36.0. The van der Waals surface area contributed by atoms with Gasteiger partial charge in [0.25, 0.3) is 15.9 Å². The Kier molecular flexibility index (Phi) is 7.05. The van der Waals surface area contributed by atoms with Crippen LogP contribution in [0.3, 0.4) is 0 Å². The molecule has 0 bridgehead atoms. The molecule has 4 rings (SSSR count). The van der Waals surface area contributed by atoms with Crippen molar-refractivity contribution in [1.82, 2.24) is 20.4 Å². The van der Waals surface area contributed by atoms with Gasteiger partial charge in [-0.1, -0.05) is 41.7 Å². The highest BCUT2D eigenvalue weighted by atomic mass is 32.2. The molecule has 3 heterocycles. The summed E-state index contributed by atoms with van der Waals surface area (Å²) >= 11 is 0.783. The molecular formula is C23H20N6O5S2. The molecule has 0 fully saturated rings. The minimum absolute atomic E-state index is 0.0171. The SMILES string of the molecule is CC(=O)Nc1nc(C)c(S(=O)(=O)Nc2cc(C(=O)NO)cc(-c3ccc(-c4cccnc4)cc3)n2)s1. The smallest absolute Gasteiger partial charge is 0.274 e. The number of hydrogen-bond donors (Lipinski definition) is 4. The predicted octanol–water partition coefficient (Wildman–Crippen LogP) is 3.45. The van der Waals surface area contributed by atoms with Crippen LogP contribution in [0.4, 0.5) is 10.9 Å². The fourth-order valence-electron chi connectivity index (χ4n) is 3.31. The molecule has 4 N–H and O–H groups in total. The molecule has 11 nitrogen and oxygen atoms in total. The molecule has 36 heavy (non-hydrogen) atoms. The standard InChI is InChI=1S/C23H20N6O5S2/c1-13-22(35-23(25-13)26-14(2)30)36(33,34)29-20-11-18(21(31)28-32)10-19(27-20)16-7-5-15(6-8-16)17-4-3-9-24-12-17/h3-12,32H,1-2H3,(H,27,29)(H,28,31)(H,25,26,30). The van der Waals surface area contributed by atoms with Crippen LogP contribution in [0.2, 0.25) is 0 Å². The fraction of sp³-hybridized carbons (Fsp3) is 0.0870. The zero-order valence-corrected chi connectivity index (χ0v) is 20.6. The fourth-order valence-corrected chi connectivity index (χ4v) is 5.77. The molecule has 13 heteroatoms. The number of hydroxylamine groups is 1. The van der Waals surface area contributed by atoms with Crippen LogP contribution in [0.15, 0.2) is 65.1 Å². The van der Waals surface area contributed by atoms with Crippen LogP contribution in [0.25, 0.3) is 22.4 Å². The average molecular weight is 525 g/mol. The van der Waals surface area contributed by atoms with Crippen molar-refractivity contribution in [2.75, 3.05) is 10.0 Å². The maximum atomic E-state index is 13.1. The van der Waals surface area contributed by atoms with Gasteiger partial charge in [-0.2, -0.15) is 0 Å². The topological polar surface area (TPSA) is 163 Å². The molecule has 0 aliphatic heterocycles. The number of sulfonamides is 1. The number of carbonyl (C=O) groups is 2. The number of aromatic nitrogens is 3. The molecule has 184 valence electrons. The Balaban J connectivity index is 1.70. The Hall–Kier alpha value is -4.20. The van der Waals surface area contributed by atoms with Crippen molar-refractivity contribution in [3.05, 3.63) is 72.2 Å². The monoisotopic (exact) mass is 524 g/mol. The van der Waals surface area contributed by atoms with E-state index in [1.54, 1.807) is 30.0 Å². The van der Waals surface area contributed by atoms with Crippen molar-refractivity contribution in [2.24, 2.45) is 0 Å². The van der Waals surface area contributed by atoms with Crippen LogP contribution in [0.1, 0.15) is 23.0 Å². The number of benzene rings is 1. The first-order valence-electron chi connectivity index (χ1n) is 10.4. The van der Waals surface area contributed by atoms with Gasteiger partial charge in [0.1, 0.15) is 5.82 Å². The lowest BCUT2D eigenvalue weighted by Gasteiger charge is -2.11. The highest BCUT2D eigenvalue weighted by Gasteiger charge is 2.24. The quantitative estimate of drug-likeness (QED) is 0.211. The third kappa shape index (κ3) is 5.54. The largest absolute Gasteiger partial charge is 0.302 e. The second-order valence-corrected chi connectivity index (χ2v) is 10.4. The van der Waals surface area contributed by atoms with Crippen LogP contribution < -0.4 is 15.5 Å². The Morgan fingerprint density at radius 2 is 1.72 bits per heavy atom. The third-order valence-electron chi connectivity index (χ3n) is 4.88. The molecule has 0 spiro atoms. The van der Waals surface area contributed by atoms with Crippen molar-refractivity contribution in [2.45, 2.75) is 18.1 Å². The van der Waals surface area contributed by atoms with Crippen molar-refractivity contribution in [1.29, 1.82) is 0 Å². The lowest BCUT2D eigenvalue weighted by molar-refractivity contribution is -0.114. The molecule has 4 aromatic rings. The van der Waals surface area contributed by atoms with Gasteiger partial charge in [-0.05, 0) is 36.2 Å². The van der Waals surface area contributed by atoms with Gasteiger partial charge in [0, 0.05) is 30.4 Å². The van der Waals surface area contributed by atoms with E-state index in [1.165, 1.54) is 26.0 Å². The number of hydrogen-bond acceptors (Lipinski definition) is 9. The van der Waals surface area contributed by atoms with E-state index in [2.05, 4.69) is 25.0 Å². The Labute approximate surface area is 210 Å². The summed E-state index contributed by atoms with van der Waals surface area (Å²) in [6.45, 7) is 2.78. The van der Waals surface area contributed by atoms with Crippen molar-refractivity contribution < 1.29 is 23.2 Å². The molecule has 0 unspecified atom stereocenters. The summed E-state index contributed by atoms with van der Waals surface area (Å²) in [5, 5.41) is 11.7. The maximum absolute atomic E-state index is 13.1. The van der Waals surface area contributed by atoms with Crippen LogP contribution >= 0.6 is 11.3 Å². The van der Waals surface area contributed by atoms with Crippen molar-refractivity contribution in [3.8, 4) is 22.4 Å². The summed E-state index contributed by atoms with van der Waals surface area (Å²) in [6, 6.07) is 13.6. The maximum Gasteiger partial charge on any atom is 0.274 e. The van der Waals surface area contributed by atoms with Crippen molar-refractivity contribution >= 4 is 44.1 Å². The van der Waals surface area contributed by atoms with Gasteiger partial charge in [-0.15, -0.1) is 0 Å². The number of rotatable bonds is 7. The van der Waals surface area contributed by atoms with Crippen LogP contribution in [0, 0.1) is 6.92 Å². The second-order valence-electron chi connectivity index (χ2n) is 7.56. The zero-order chi connectivity index (χ0) is 25.9. The highest BCUT2D eigenvalue weighted by molar-refractivity contribution is 7.94. The van der Waals surface area contributed by atoms with E-state index in [9.17, 15) is 18.0 Å². The highest BCUT2D eigenvalue weighted by Crippen LogP contribution is 2.30. The second kappa shape index (κ2) is 10.2. The van der Waals surface area contributed by atoms with Gasteiger partial charge >= 0.3 is 0 Å². The summed E-state index contributed by atoms with van der Waals surface area (Å²) in [5.41, 5.74) is 4.44. The van der Waals surface area contributed by atoms with Gasteiger partial charge in [0.05, 0.1) is 11.4 Å². The summed E-state index contributed by atoms with van der Waals surface area (Å²) < 4.78 is 28.4. The normalized spacial score (nSPS) is 11.1. The molecule has 0 saturated heterocycles. The number of carbonyl (C=O) groups excluding carboxylic acids is 2. The minimum Gasteiger partial charge on any atom is -0.302 e. The van der Waals surface area contributed by atoms with E-state index in [-0.39, 0.29) is 32.3 Å². The van der Waals surface area contributed by atoms with Crippen LogP contribution in [-0.2, 0) is 14.8 Å². The molecule has 0 radical (unpaired) electrons. The molecule has 1 aromatic carbocycles. The molecule has 0 saturated carbocycles.